The first-order valence-electron chi connectivity index (χ1n) is 8.09. The molecule has 7 nitrogen and oxygen atoms in total. The van der Waals surface area contributed by atoms with Crippen LogP contribution in [0.5, 0.6) is 0 Å². The van der Waals surface area contributed by atoms with Crippen molar-refractivity contribution in [3.8, 4) is 0 Å². The Balaban J connectivity index is 1.41. The van der Waals surface area contributed by atoms with Crippen LogP contribution in [0.15, 0.2) is 35.7 Å². The van der Waals surface area contributed by atoms with Gasteiger partial charge in [-0.05, 0) is 17.7 Å². The average Bonchev–Trinajstić information content (AvgIpc) is 3.15. The number of thioether (sulfide) groups is 1. The summed E-state index contributed by atoms with van der Waals surface area (Å²) in [6, 6.07) is 7.70. The van der Waals surface area contributed by atoms with Crippen LogP contribution < -0.4 is 10.6 Å². The third-order valence-electron chi connectivity index (χ3n) is 3.91. The summed E-state index contributed by atoms with van der Waals surface area (Å²) in [5.41, 5.74) is 1.84. The van der Waals surface area contributed by atoms with Crippen molar-refractivity contribution in [1.82, 2.24) is 30.7 Å². The van der Waals surface area contributed by atoms with Crippen molar-refractivity contribution in [2.75, 3.05) is 39.3 Å². The highest BCUT2D eigenvalue weighted by Gasteiger charge is 2.10. The van der Waals surface area contributed by atoms with Crippen LogP contribution in [0.2, 0.25) is 0 Å². The highest BCUT2D eigenvalue weighted by atomic mass is 32.2. The lowest BCUT2D eigenvalue weighted by Crippen LogP contribution is -2.46. The van der Waals surface area contributed by atoms with E-state index in [1.807, 2.05) is 24.3 Å². The van der Waals surface area contributed by atoms with Gasteiger partial charge >= 0.3 is 0 Å². The Morgan fingerprint density at radius 3 is 2.75 bits per heavy atom. The van der Waals surface area contributed by atoms with Gasteiger partial charge in [0.2, 0.25) is 0 Å². The smallest absolute Gasteiger partial charge is 0.251 e. The van der Waals surface area contributed by atoms with Gasteiger partial charge in [-0.2, -0.15) is 5.10 Å². The fourth-order valence-corrected chi connectivity index (χ4v) is 3.27. The van der Waals surface area contributed by atoms with E-state index in [0.717, 1.165) is 49.2 Å². The minimum Gasteiger partial charge on any atom is -0.351 e. The van der Waals surface area contributed by atoms with Crippen molar-refractivity contribution < 1.29 is 4.79 Å². The molecule has 0 atom stereocenters. The normalized spacial score (nSPS) is 15.3. The number of aromatic nitrogens is 3. The molecule has 0 unspecified atom stereocenters. The summed E-state index contributed by atoms with van der Waals surface area (Å²) >= 11 is 1.58. The van der Waals surface area contributed by atoms with Gasteiger partial charge in [-0.25, -0.2) is 4.98 Å². The number of carbonyl (C=O) groups excluding carboxylic acids is 1. The zero-order valence-corrected chi connectivity index (χ0v) is 14.3. The van der Waals surface area contributed by atoms with Crippen LogP contribution in [-0.2, 0) is 5.75 Å². The maximum absolute atomic E-state index is 12.2. The summed E-state index contributed by atoms with van der Waals surface area (Å²) in [6.45, 7) is 5.74. The van der Waals surface area contributed by atoms with Gasteiger partial charge in [0.05, 0.1) is 0 Å². The molecule has 0 radical (unpaired) electrons. The largest absolute Gasteiger partial charge is 0.351 e. The molecule has 1 fully saturated rings. The lowest BCUT2D eigenvalue weighted by atomic mass is 10.1. The number of rotatable bonds is 7. The van der Waals surface area contributed by atoms with Gasteiger partial charge in [0.25, 0.3) is 5.91 Å². The van der Waals surface area contributed by atoms with Gasteiger partial charge in [-0.15, -0.1) is 0 Å². The van der Waals surface area contributed by atoms with E-state index in [0.29, 0.717) is 12.1 Å². The van der Waals surface area contributed by atoms with Crippen LogP contribution in [0.3, 0.4) is 0 Å². The summed E-state index contributed by atoms with van der Waals surface area (Å²) in [6.07, 6.45) is 1.50. The summed E-state index contributed by atoms with van der Waals surface area (Å²) in [7, 11) is 0. The Hall–Kier alpha value is -1.90. The number of amides is 1. The second-order valence-corrected chi connectivity index (χ2v) is 6.59. The number of hydrogen-bond donors (Lipinski definition) is 3. The Morgan fingerprint density at radius 1 is 1.25 bits per heavy atom. The molecule has 0 bridgehead atoms. The van der Waals surface area contributed by atoms with Gasteiger partial charge in [-0.1, -0.05) is 23.9 Å². The number of H-pyrrole nitrogens is 1. The number of piperazine rings is 1. The summed E-state index contributed by atoms with van der Waals surface area (Å²) < 4.78 is 0. The van der Waals surface area contributed by atoms with Crippen LogP contribution in [0.25, 0.3) is 0 Å². The third-order valence-corrected chi connectivity index (χ3v) is 4.86. The molecule has 2 heterocycles. The predicted octanol–water partition coefficient (Wildman–Crippen LogP) is 0.732. The average molecular weight is 346 g/mol. The zero-order chi connectivity index (χ0) is 16.6. The summed E-state index contributed by atoms with van der Waals surface area (Å²) in [5.74, 6) is 0.777. The molecular formula is C16H22N6OS. The standard InChI is InChI=1S/C16H22N6OS/c23-15(18-7-10-22-8-5-17-6-9-22)14-3-1-13(2-4-14)11-24-16-19-12-20-21-16/h1-4,12,17H,5-11H2,(H,18,23)(H,19,20,21). The van der Waals surface area contributed by atoms with Crippen LogP contribution in [-0.4, -0.2) is 65.3 Å². The van der Waals surface area contributed by atoms with Crippen molar-refractivity contribution in [2.45, 2.75) is 10.9 Å². The monoisotopic (exact) mass is 346 g/mol. The zero-order valence-electron chi connectivity index (χ0n) is 13.5. The van der Waals surface area contributed by atoms with E-state index in [9.17, 15) is 4.79 Å². The van der Waals surface area contributed by atoms with Crippen LogP contribution in [0.1, 0.15) is 15.9 Å². The van der Waals surface area contributed by atoms with Gasteiger partial charge in [0, 0.05) is 50.6 Å². The molecule has 0 aliphatic carbocycles. The molecule has 1 aromatic carbocycles. The molecule has 8 heteroatoms. The predicted molar refractivity (Wildman–Crippen MR) is 94.0 cm³/mol. The van der Waals surface area contributed by atoms with Crippen LogP contribution >= 0.6 is 11.8 Å². The Morgan fingerprint density at radius 2 is 2.04 bits per heavy atom. The van der Waals surface area contributed by atoms with Gasteiger partial charge in [0.1, 0.15) is 6.33 Å². The molecule has 1 aromatic heterocycles. The molecule has 1 aliphatic heterocycles. The topological polar surface area (TPSA) is 85.9 Å². The molecule has 3 rings (SSSR count). The molecule has 1 aliphatic rings. The molecule has 1 saturated heterocycles. The molecule has 3 N–H and O–H groups in total. The highest BCUT2D eigenvalue weighted by Crippen LogP contribution is 2.18. The lowest BCUT2D eigenvalue weighted by molar-refractivity contribution is 0.0947. The Kier molecular flexibility index (Phi) is 6.22. The molecule has 24 heavy (non-hydrogen) atoms. The lowest BCUT2D eigenvalue weighted by Gasteiger charge is -2.27. The minimum atomic E-state index is -0.0143. The van der Waals surface area contributed by atoms with Crippen molar-refractivity contribution in [3.05, 3.63) is 41.7 Å². The number of benzene rings is 1. The van der Waals surface area contributed by atoms with E-state index in [4.69, 9.17) is 0 Å². The number of nitrogens with one attached hydrogen (secondary N) is 3. The third kappa shape index (κ3) is 5.05. The van der Waals surface area contributed by atoms with E-state index in [-0.39, 0.29) is 5.91 Å². The van der Waals surface area contributed by atoms with Crippen molar-refractivity contribution >= 4 is 17.7 Å². The maximum Gasteiger partial charge on any atom is 0.251 e. The quantitative estimate of drug-likeness (QED) is 0.641. The molecule has 128 valence electrons. The highest BCUT2D eigenvalue weighted by molar-refractivity contribution is 7.98. The second kappa shape index (κ2) is 8.81. The Labute approximate surface area is 145 Å². The molecular weight excluding hydrogens is 324 g/mol. The molecule has 0 saturated carbocycles. The van der Waals surface area contributed by atoms with E-state index < -0.39 is 0 Å². The fraction of sp³-hybridized carbons (Fsp3) is 0.438. The molecule has 2 aromatic rings. The first kappa shape index (κ1) is 16.9. The van der Waals surface area contributed by atoms with Gasteiger partial charge in [-0.3, -0.25) is 14.8 Å². The van der Waals surface area contributed by atoms with Crippen LogP contribution in [0, 0.1) is 0 Å². The fourth-order valence-electron chi connectivity index (χ4n) is 2.53. The van der Waals surface area contributed by atoms with E-state index in [1.54, 1.807) is 11.8 Å². The maximum atomic E-state index is 12.2. The van der Waals surface area contributed by atoms with Crippen molar-refractivity contribution in [2.24, 2.45) is 0 Å². The molecule has 1 amide bonds. The van der Waals surface area contributed by atoms with Crippen molar-refractivity contribution in [1.29, 1.82) is 0 Å². The second-order valence-electron chi connectivity index (χ2n) is 5.62. The molecule has 0 spiro atoms. The van der Waals surface area contributed by atoms with E-state index >= 15 is 0 Å². The van der Waals surface area contributed by atoms with E-state index in [1.165, 1.54) is 6.33 Å². The number of carbonyl (C=O) groups is 1. The minimum absolute atomic E-state index is 0.0143. The van der Waals surface area contributed by atoms with E-state index in [2.05, 4.69) is 30.7 Å². The summed E-state index contributed by atoms with van der Waals surface area (Å²) in [4.78, 5) is 18.6. The van der Waals surface area contributed by atoms with Crippen molar-refractivity contribution in [3.63, 3.8) is 0 Å². The number of nitrogens with zero attached hydrogens (tertiary/aromatic N) is 3. The first-order valence-corrected chi connectivity index (χ1v) is 9.08. The van der Waals surface area contributed by atoms with Gasteiger partial charge < -0.3 is 10.6 Å². The number of aromatic amines is 1. The van der Waals surface area contributed by atoms with Crippen LogP contribution in [0.4, 0.5) is 0 Å². The summed E-state index contributed by atoms with van der Waals surface area (Å²) in [5, 5.41) is 13.7. The number of hydrogen-bond acceptors (Lipinski definition) is 6. The Bertz CT molecular complexity index is 625. The van der Waals surface area contributed by atoms with Gasteiger partial charge in [0.15, 0.2) is 5.16 Å². The first-order chi connectivity index (χ1) is 11.8. The SMILES string of the molecule is O=C(NCCN1CCNCC1)c1ccc(CSc2ncn[nH]2)cc1.